The van der Waals surface area contributed by atoms with Crippen molar-refractivity contribution < 1.29 is 14.6 Å². The number of aromatic nitrogens is 1. The summed E-state index contributed by atoms with van der Waals surface area (Å²) in [5, 5.41) is 9.30. The molecule has 100 valence electrons. The van der Waals surface area contributed by atoms with E-state index in [4.69, 9.17) is 9.84 Å². The molecule has 2 aromatic rings. The first-order valence-corrected chi connectivity index (χ1v) is 5.92. The second kappa shape index (κ2) is 5.14. The van der Waals surface area contributed by atoms with Crippen molar-refractivity contribution in [2.45, 2.75) is 19.9 Å². The number of nitrogens with zero attached hydrogens (tertiary/aromatic N) is 1. The lowest BCUT2D eigenvalue weighted by Gasteiger charge is -2.12. The monoisotopic (exact) mass is 261 g/mol. The molecule has 0 radical (unpaired) electrons. The van der Waals surface area contributed by atoms with Crippen molar-refractivity contribution >= 4 is 16.9 Å². The lowest BCUT2D eigenvalue weighted by molar-refractivity contribution is -0.137. The average molecular weight is 261 g/mol. The Labute approximate surface area is 110 Å². The molecule has 1 aromatic heterocycles. The number of carbonyl (C=O) groups is 1. The maximum absolute atomic E-state index is 12.1. The fourth-order valence-electron chi connectivity index (χ4n) is 2.05. The summed E-state index contributed by atoms with van der Waals surface area (Å²) in [6.45, 7) is 2.05. The van der Waals surface area contributed by atoms with Crippen LogP contribution in [-0.4, -0.2) is 22.8 Å². The minimum absolute atomic E-state index is 0.0173. The van der Waals surface area contributed by atoms with E-state index in [-0.39, 0.29) is 11.8 Å². The molecule has 0 spiro atoms. The summed E-state index contributed by atoms with van der Waals surface area (Å²) in [7, 11) is 1.54. The number of hydrogen-bond acceptors (Lipinski definition) is 3. The van der Waals surface area contributed by atoms with Crippen LogP contribution < -0.4 is 10.2 Å². The van der Waals surface area contributed by atoms with Crippen LogP contribution in [0.5, 0.6) is 5.75 Å². The number of aliphatic carboxylic acids is 1. The van der Waals surface area contributed by atoms with E-state index in [0.717, 1.165) is 5.52 Å². The van der Waals surface area contributed by atoms with E-state index < -0.39 is 5.97 Å². The van der Waals surface area contributed by atoms with Crippen molar-refractivity contribution in [3.8, 4) is 5.75 Å². The Morgan fingerprint density at radius 3 is 2.79 bits per heavy atom. The molecular formula is C14H15NO4. The smallest absolute Gasteiger partial charge is 0.305 e. The molecule has 1 N–H and O–H groups in total. The van der Waals surface area contributed by atoms with Gasteiger partial charge in [0.25, 0.3) is 0 Å². The van der Waals surface area contributed by atoms with E-state index in [1.54, 1.807) is 43.0 Å². The number of fused-ring (bicyclic) bond motifs is 1. The first-order valence-electron chi connectivity index (χ1n) is 5.92. The predicted octanol–water partition coefficient (Wildman–Crippen LogP) is 1.79. The highest BCUT2D eigenvalue weighted by atomic mass is 16.5. The van der Waals surface area contributed by atoms with Crippen molar-refractivity contribution in [3.05, 3.63) is 40.2 Å². The van der Waals surface area contributed by atoms with Gasteiger partial charge in [-0.3, -0.25) is 9.59 Å². The lowest BCUT2D eigenvalue weighted by atomic mass is 10.1. The van der Waals surface area contributed by atoms with Crippen LogP contribution in [0.1, 0.15) is 12.0 Å². The molecule has 0 saturated carbocycles. The second-order valence-corrected chi connectivity index (χ2v) is 4.36. The standard InChI is InChI=1S/C14H15NO4/c1-9-8-15(6-5-13(16)17)12-4-3-10(19-2)7-11(12)14(9)18/h3-4,7-8H,5-6H2,1-2H3,(H,16,17). The van der Waals surface area contributed by atoms with E-state index >= 15 is 0 Å². The van der Waals surface area contributed by atoms with Crippen molar-refractivity contribution in [1.82, 2.24) is 4.57 Å². The van der Waals surface area contributed by atoms with Gasteiger partial charge in [0.05, 0.1) is 19.0 Å². The van der Waals surface area contributed by atoms with Crippen LogP contribution in [0.4, 0.5) is 0 Å². The molecule has 0 aliphatic heterocycles. The van der Waals surface area contributed by atoms with Gasteiger partial charge >= 0.3 is 5.97 Å². The van der Waals surface area contributed by atoms with Crippen molar-refractivity contribution in [3.63, 3.8) is 0 Å². The molecule has 0 atom stereocenters. The van der Waals surface area contributed by atoms with Gasteiger partial charge in [-0.25, -0.2) is 0 Å². The summed E-state index contributed by atoms with van der Waals surface area (Å²) in [6, 6.07) is 5.22. The summed E-state index contributed by atoms with van der Waals surface area (Å²) in [6.07, 6.45) is 1.71. The van der Waals surface area contributed by atoms with Crippen LogP contribution >= 0.6 is 0 Å². The van der Waals surface area contributed by atoms with E-state index in [1.807, 2.05) is 0 Å². The Balaban J connectivity index is 2.62. The third kappa shape index (κ3) is 2.59. The molecule has 19 heavy (non-hydrogen) atoms. The van der Waals surface area contributed by atoms with E-state index in [0.29, 0.717) is 23.2 Å². The van der Waals surface area contributed by atoms with Gasteiger partial charge in [-0.15, -0.1) is 0 Å². The molecule has 0 bridgehead atoms. The second-order valence-electron chi connectivity index (χ2n) is 4.36. The number of pyridine rings is 1. The molecule has 0 amide bonds. The van der Waals surface area contributed by atoms with Crippen LogP contribution in [0.3, 0.4) is 0 Å². The van der Waals surface area contributed by atoms with Crippen molar-refractivity contribution in [2.75, 3.05) is 7.11 Å². The molecule has 0 saturated heterocycles. The van der Waals surface area contributed by atoms with Gasteiger partial charge in [0.15, 0.2) is 5.43 Å². The number of benzene rings is 1. The Kier molecular flexibility index (Phi) is 3.55. The molecule has 5 heteroatoms. The number of ether oxygens (including phenoxy) is 1. The van der Waals surface area contributed by atoms with Crippen molar-refractivity contribution in [2.24, 2.45) is 0 Å². The minimum atomic E-state index is -0.863. The topological polar surface area (TPSA) is 68.5 Å². The highest BCUT2D eigenvalue weighted by molar-refractivity contribution is 5.81. The van der Waals surface area contributed by atoms with E-state index in [1.165, 1.54) is 0 Å². The number of methoxy groups -OCH3 is 1. The lowest BCUT2D eigenvalue weighted by Crippen LogP contribution is -2.14. The minimum Gasteiger partial charge on any atom is -0.497 e. The molecule has 1 heterocycles. The summed E-state index contributed by atoms with van der Waals surface area (Å²) in [4.78, 5) is 22.8. The first-order chi connectivity index (χ1) is 9.02. The molecular weight excluding hydrogens is 246 g/mol. The zero-order valence-corrected chi connectivity index (χ0v) is 10.8. The SMILES string of the molecule is COc1ccc2c(c1)c(=O)c(C)cn2CCC(=O)O. The number of hydrogen-bond donors (Lipinski definition) is 1. The zero-order chi connectivity index (χ0) is 14.0. The highest BCUT2D eigenvalue weighted by Crippen LogP contribution is 2.19. The zero-order valence-electron chi connectivity index (χ0n) is 10.8. The van der Waals surface area contributed by atoms with Gasteiger partial charge in [0, 0.05) is 23.7 Å². The van der Waals surface area contributed by atoms with Gasteiger partial charge in [0.2, 0.25) is 0 Å². The molecule has 0 fully saturated rings. The van der Waals surface area contributed by atoms with Crippen LogP contribution in [0, 0.1) is 6.92 Å². The van der Waals surface area contributed by atoms with Crippen LogP contribution in [0.15, 0.2) is 29.2 Å². The maximum Gasteiger partial charge on any atom is 0.305 e. The molecule has 0 unspecified atom stereocenters. The molecule has 1 aromatic carbocycles. The van der Waals surface area contributed by atoms with Crippen LogP contribution in [0.25, 0.3) is 10.9 Å². The Morgan fingerprint density at radius 1 is 1.42 bits per heavy atom. The predicted molar refractivity (Wildman–Crippen MR) is 71.7 cm³/mol. The summed E-state index contributed by atoms with van der Waals surface area (Å²) in [5.74, 6) is -0.252. The fraction of sp³-hybridized carbons (Fsp3) is 0.286. The third-order valence-corrected chi connectivity index (χ3v) is 3.03. The molecule has 2 rings (SSSR count). The van der Waals surface area contributed by atoms with Gasteiger partial charge in [-0.05, 0) is 25.1 Å². The fourth-order valence-corrected chi connectivity index (χ4v) is 2.05. The Hall–Kier alpha value is -2.30. The summed E-state index contributed by atoms with van der Waals surface area (Å²) < 4.78 is 6.90. The number of aryl methyl sites for hydroxylation is 2. The van der Waals surface area contributed by atoms with Crippen molar-refractivity contribution in [1.29, 1.82) is 0 Å². The van der Waals surface area contributed by atoms with Gasteiger partial charge in [-0.1, -0.05) is 0 Å². The van der Waals surface area contributed by atoms with Gasteiger partial charge in [-0.2, -0.15) is 0 Å². The summed E-state index contributed by atoms with van der Waals surface area (Å²) >= 11 is 0. The third-order valence-electron chi connectivity index (χ3n) is 3.03. The summed E-state index contributed by atoms with van der Waals surface area (Å²) in [5.41, 5.74) is 1.25. The quantitative estimate of drug-likeness (QED) is 0.911. The normalized spacial score (nSPS) is 10.6. The molecule has 5 nitrogen and oxygen atoms in total. The maximum atomic E-state index is 12.1. The Morgan fingerprint density at radius 2 is 2.16 bits per heavy atom. The molecule has 0 aliphatic rings. The molecule has 0 aliphatic carbocycles. The van der Waals surface area contributed by atoms with Gasteiger partial charge in [0.1, 0.15) is 5.75 Å². The largest absolute Gasteiger partial charge is 0.497 e. The van der Waals surface area contributed by atoms with E-state index in [2.05, 4.69) is 0 Å². The van der Waals surface area contributed by atoms with Gasteiger partial charge < -0.3 is 14.4 Å². The number of rotatable bonds is 4. The number of carboxylic acids is 1. The number of carboxylic acid groups (broad SMARTS) is 1. The highest BCUT2D eigenvalue weighted by Gasteiger charge is 2.08. The van der Waals surface area contributed by atoms with E-state index in [9.17, 15) is 9.59 Å². The van der Waals surface area contributed by atoms with Crippen LogP contribution in [-0.2, 0) is 11.3 Å². The Bertz CT molecular complexity index is 688. The average Bonchev–Trinajstić information content (AvgIpc) is 2.40. The first kappa shape index (κ1) is 13.1. The van der Waals surface area contributed by atoms with Crippen LogP contribution in [0.2, 0.25) is 0 Å².